The molecule has 23 heavy (non-hydrogen) atoms. The number of carbonyl (C=O) groups excluding carboxylic acids is 2. The molecule has 2 aliphatic rings. The summed E-state index contributed by atoms with van der Waals surface area (Å²) in [5.74, 6) is -0.532. The summed E-state index contributed by atoms with van der Waals surface area (Å²) >= 11 is 8.08. The van der Waals surface area contributed by atoms with Crippen LogP contribution in [-0.4, -0.2) is 47.9 Å². The minimum absolute atomic E-state index is 0.111. The quantitative estimate of drug-likeness (QED) is 0.422. The fourth-order valence-electron chi connectivity index (χ4n) is 2.73. The molecular formula is C15H15Br2NO4S. The lowest BCUT2D eigenvalue weighted by atomic mass is 9.93. The van der Waals surface area contributed by atoms with Gasteiger partial charge in [0.05, 0.1) is 0 Å². The van der Waals surface area contributed by atoms with Gasteiger partial charge in [0.25, 0.3) is 5.91 Å². The van der Waals surface area contributed by atoms with Crippen LogP contribution in [0.1, 0.15) is 12.5 Å². The lowest BCUT2D eigenvalue weighted by molar-refractivity contribution is -0.175. The molecule has 124 valence electrons. The van der Waals surface area contributed by atoms with E-state index in [4.69, 9.17) is 4.74 Å². The van der Waals surface area contributed by atoms with Crippen molar-refractivity contribution in [1.82, 2.24) is 4.90 Å². The van der Waals surface area contributed by atoms with Crippen LogP contribution < -0.4 is 0 Å². The SMILES string of the molecule is C[C@@]1(O)CSC2N(C(=O)C2(Br)Br)[C@H]1C(=O)OCc1ccccc1. The minimum atomic E-state index is -1.33. The molecular weight excluding hydrogens is 450 g/mol. The number of rotatable bonds is 3. The van der Waals surface area contributed by atoms with E-state index < -0.39 is 20.8 Å². The molecule has 2 saturated heterocycles. The molecule has 0 aromatic heterocycles. The maximum absolute atomic E-state index is 12.5. The fourth-order valence-corrected chi connectivity index (χ4v) is 5.72. The highest BCUT2D eigenvalue weighted by molar-refractivity contribution is 9.26. The summed E-state index contributed by atoms with van der Waals surface area (Å²) in [6.45, 7) is 1.67. The van der Waals surface area contributed by atoms with Crippen molar-refractivity contribution in [3.63, 3.8) is 0 Å². The number of halogens is 2. The summed E-state index contributed by atoms with van der Waals surface area (Å²) in [6.07, 6.45) is 0. The van der Waals surface area contributed by atoms with Crippen molar-refractivity contribution in [2.24, 2.45) is 0 Å². The molecule has 0 aliphatic carbocycles. The molecule has 2 heterocycles. The second kappa shape index (κ2) is 6.06. The number of hydrogen-bond acceptors (Lipinski definition) is 5. The van der Waals surface area contributed by atoms with Gasteiger partial charge in [-0.05, 0) is 12.5 Å². The van der Waals surface area contributed by atoms with E-state index in [1.165, 1.54) is 16.7 Å². The number of aliphatic hydroxyl groups is 1. The molecule has 2 aliphatic heterocycles. The predicted molar refractivity (Wildman–Crippen MR) is 94.3 cm³/mol. The maximum atomic E-state index is 12.5. The van der Waals surface area contributed by atoms with Crippen molar-refractivity contribution in [1.29, 1.82) is 0 Å². The number of fused-ring (bicyclic) bond motifs is 1. The number of carbonyl (C=O) groups is 2. The molecule has 3 atom stereocenters. The number of hydrogen-bond donors (Lipinski definition) is 1. The third-order valence-electron chi connectivity index (χ3n) is 3.93. The number of β-lactam (4-membered cyclic amide) rings is 1. The normalized spacial score (nSPS) is 32.0. The van der Waals surface area contributed by atoms with Crippen LogP contribution in [0.25, 0.3) is 0 Å². The van der Waals surface area contributed by atoms with Crippen molar-refractivity contribution >= 4 is 55.5 Å². The first-order valence-corrected chi connectivity index (χ1v) is 9.64. The molecule has 1 amide bonds. The molecule has 3 rings (SSSR count). The second-order valence-electron chi connectivity index (χ2n) is 5.85. The molecule has 1 aromatic carbocycles. The molecule has 1 aromatic rings. The van der Waals surface area contributed by atoms with Gasteiger partial charge < -0.3 is 14.7 Å². The van der Waals surface area contributed by atoms with Gasteiger partial charge in [-0.15, -0.1) is 11.8 Å². The summed E-state index contributed by atoms with van der Waals surface area (Å²) in [5, 5.41) is 10.3. The van der Waals surface area contributed by atoms with E-state index >= 15 is 0 Å². The lowest BCUT2D eigenvalue weighted by Crippen LogP contribution is -2.77. The van der Waals surface area contributed by atoms with E-state index in [9.17, 15) is 14.7 Å². The van der Waals surface area contributed by atoms with Crippen LogP contribution in [-0.2, 0) is 20.9 Å². The summed E-state index contributed by atoms with van der Waals surface area (Å²) in [7, 11) is 0. The summed E-state index contributed by atoms with van der Waals surface area (Å²) in [6, 6.07) is 8.28. The van der Waals surface area contributed by atoms with E-state index in [1.807, 2.05) is 30.3 Å². The van der Waals surface area contributed by atoms with Gasteiger partial charge >= 0.3 is 5.97 Å². The molecule has 0 radical (unpaired) electrons. The van der Waals surface area contributed by atoms with Gasteiger partial charge in [0, 0.05) is 5.75 Å². The van der Waals surface area contributed by atoms with Gasteiger partial charge in [0.15, 0.2) is 9.28 Å². The number of nitrogens with zero attached hydrogens (tertiary/aromatic N) is 1. The van der Waals surface area contributed by atoms with E-state index in [0.29, 0.717) is 5.75 Å². The Hall–Kier alpha value is -0.570. The number of ether oxygens (including phenoxy) is 1. The lowest BCUT2D eigenvalue weighted by Gasteiger charge is -2.58. The van der Waals surface area contributed by atoms with Gasteiger partial charge in [-0.25, -0.2) is 4.79 Å². The Kier molecular flexibility index (Phi) is 4.54. The molecule has 5 nitrogen and oxygen atoms in total. The van der Waals surface area contributed by atoms with Gasteiger partial charge in [0.1, 0.15) is 17.6 Å². The second-order valence-corrected chi connectivity index (χ2v) is 10.5. The summed E-state index contributed by atoms with van der Waals surface area (Å²) in [5.41, 5.74) is -0.478. The van der Waals surface area contributed by atoms with Crippen LogP contribution in [0.3, 0.4) is 0 Å². The molecule has 1 unspecified atom stereocenters. The van der Waals surface area contributed by atoms with Crippen LogP contribution in [0.5, 0.6) is 0 Å². The Morgan fingerprint density at radius 3 is 2.74 bits per heavy atom. The zero-order chi connectivity index (χ0) is 16.8. The van der Waals surface area contributed by atoms with E-state index in [0.717, 1.165) is 5.56 Å². The number of amides is 1. The Morgan fingerprint density at radius 2 is 2.09 bits per heavy atom. The fraction of sp³-hybridized carbons (Fsp3) is 0.467. The van der Waals surface area contributed by atoms with Crippen molar-refractivity contribution in [3.05, 3.63) is 35.9 Å². The standard InChI is InChI=1S/C15H15Br2NO4S/c1-14(21)8-23-13-15(16,17)12(20)18(13)10(14)11(19)22-7-9-5-3-2-4-6-9/h2-6,10,13,21H,7-8H2,1H3/t10-,13?,14+/m0/s1. The molecule has 1 N–H and O–H groups in total. The number of thioether (sulfide) groups is 1. The maximum Gasteiger partial charge on any atom is 0.332 e. The number of benzene rings is 1. The number of esters is 1. The van der Waals surface area contributed by atoms with Crippen molar-refractivity contribution in [2.45, 2.75) is 33.8 Å². The van der Waals surface area contributed by atoms with Crippen LogP contribution in [0.2, 0.25) is 0 Å². The van der Waals surface area contributed by atoms with Crippen LogP contribution in [0.4, 0.5) is 0 Å². The third-order valence-corrected chi connectivity index (χ3v) is 7.73. The zero-order valence-corrected chi connectivity index (χ0v) is 16.2. The van der Waals surface area contributed by atoms with Gasteiger partial charge in [-0.3, -0.25) is 4.79 Å². The minimum Gasteiger partial charge on any atom is -0.459 e. The predicted octanol–water partition coefficient (Wildman–Crippen LogP) is 2.25. The Bertz CT molecular complexity index is 638. The van der Waals surface area contributed by atoms with Crippen molar-refractivity contribution in [2.75, 3.05) is 5.75 Å². The van der Waals surface area contributed by atoms with Crippen molar-refractivity contribution in [3.8, 4) is 0 Å². The first-order valence-electron chi connectivity index (χ1n) is 7.00. The summed E-state index contributed by atoms with van der Waals surface area (Å²) in [4.78, 5) is 26.2. The first-order chi connectivity index (χ1) is 10.7. The highest BCUT2D eigenvalue weighted by Gasteiger charge is 2.67. The highest BCUT2D eigenvalue weighted by Crippen LogP contribution is 2.54. The Labute approximate surface area is 155 Å². The van der Waals surface area contributed by atoms with Crippen molar-refractivity contribution < 1.29 is 19.4 Å². The molecule has 8 heteroatoms. The Morgan fingerprint density at radius 1 is 1.43 bits per heavy atom. The monoisotopic (exact) mass is 463 g/mol. The highest BCUT2D eigenvalue weighted by atomic mass is 79.9. The van der Waals surface area contributed by atoms with Gasteiger partial charge in [-0.2, -0.15) is 0 Å². The van der Waals surface area contributed by atoms with E-state index in [2.05, 4.69) is 31.9 Å². The number of alkyl halides is 2. The van der Waals surface area contributed by atoms with Gasteiger partial charge in [0.2, 0.25) is 0 Å². The largest absolute Gasteiger partial charge is 0.459 e. The smallest absolute Gasteiger partial charge is 0.332 e. The average Bonchev–Trinajstić information content (AvgIpc) is 2.52. The van der Waals surface area contributed by atoms with Gasteiger partial charge in [-0.1, -0.05) is 62.2 Å². The van der Waals surface area contributed by atoms with Crippen LogP contribution >= 0.6 is 43.6 Å². The average molecular weight is 465 g/mol. The Balaban J connectivity index is 1.75. The van der Waals surface area contributed by atoms with E-state index in [-0.39, 0.29) is 17.9 Å². The summed E-state index contributed by atoms with van der Waals surface area (Å²) < 4.78 is 4.46. The topological polar surface area (TPSA) is 66.8 Å². The third kappa shape index (κ3) is 2.94. The zero-order valence-electron chi connectivity index (χ0n) is 12.2. The van der Waals surface area contributed by atoms with Crippen LogP contribution in [0, 0.1) is 0 Å². The molecule has 0 saturated carbocycles. The molecule has 2 fully saturated rings. The molecule has 0 bridgehead atoms. The first kappa shape index (κ1) is 17.3. The molecule has 0 spiro atoms. The van der Waals surface area contributed by atoms with Crippen LogP contribution in [0.15, 0.2) is 30.3 Å². The van der Waals surface area contributed by atoms with E-state index in [1.54, 1.807) is 6.92 Å².